The van der Waals surface area contributed by atoms with Crippen LogP contribution in [0.2, 0.25) is 0 Å². The molecule has 3 heteroatoms. The number of piperidine rings is 1. The number of thioether (sulfide) groups is 1. The molecule has 4 rings (SSSR count). The first-order chi connectivity index (χ1) is 11.4. The Morgan fingerprint density at radius 2 is 1.74 bits per heavy atom. The Kier molecular flexibility index (Phi) is 4.38. The fourth-order valence-electron chi connectivity index (χ4n) is 3.46. The molecule has 2 aliphatic rings. The molecule has 0 N–H and O–H groups in total. The fourth-order valence-corrected chi connectivity index (χ4v) is 4.74. The molecule has 0 saturated carbocycles. The van der Waals surface area contributed by atoms with Crippen LogP contribution in [0.25, 0.3) is 0 Å². The van der Waals surface area contributed by atoms with Crippen molar-refractivity contribution in [3.63, 3.8) is 0 Å². The number of nitrogens with zero attached hydrogens (tertiary/aromatic N) is 2. The zero-order valence-electron chi connectivity index (χ0n) is 13.3. The highest BCUT2D eigenvalue weighted by atomic mass is 32.2. The van der Waals surface area contributed by atoms with Crippen LogP contribution in [-0.4, -0.2) is 29.1 Å². The molecule has 2 unspecified atom stereocenters. The van der Waals surface area contributed by atoms with E-state index in [1.807, 2.05) is 0 Å². The summed E-state index contributed by atoms with van der Waals surface area (Å²) in [6.07, 6.45) is 2.54. The van der Waals surface area contributed by atoms with Crippen LogP contribution in [0, 0.1) is 0 Å². The summed E-state index contributed by atoms with van der Waals surface area (Å²) in [5, 5.41) is 0.553. The zero-order valence-corrected chi connectivity index (χ0v) is 14.1. The normalized spacial score (nSPS) is 23.5. The van der Waals surface area contributed by atoms with Crippen molar-refractivity contribution in [2.75, 3.05) is 13.1 Å². The standard InChI is InChI=1S/C20H22N2S/c1-3-8-16(9-4-1)15-23-19-12-7-13-22-14-18(21-20(19)22)17-10-5-2-6-11-17/h1-6,8-11,18-19H,7,12-15H2. The van der Waals surface area contributed by atoms with E-state index in [1.165, 1.54) is 36.3 Å². The number of fused-ring (bicyclic) bond motifs is 1. The zero-order chi connectivity index (χ0) is 15.5. The summed E-state index contributed by atoms with van der Waals surface area (Å²) in [5.74, 6) is 2.42. The van der Waals surface area contributed by atoms with Crippen LogP contribution in [0.5, 0.6) is 0 Å². The molecule has 0 bridgehead atoms. The minimum absolute atomic E-state index is 0.323. The van der Waals surface area contributed by atoms with Gasteiger partial charge in [0.15, 0.2) is 0 Å². The largest absolute Gasteiger partial charge is 0.357 e. The predicted octanol–water partition coefficient (Wildman–Crippen LogP) is 4.54. The Bertz CT molecular complexity index is 669. The summed E-state index contributed by atoms with van der Waals surface area (Å²) in [7, 11) is 0. The summed E-state index contributed by atoms with van der Waals surface area (Å²) in [4.78, 5) is 7.61. The van der Waals surface area contributed by atoms with E-state index in [4.69, 9.17) is 4.99 Å². The van der Waals surface area contributed by atoms with Gasteiger partial charge in [0.2, 0.25) is 0 Å². The summed E-state index contributed by atoms with van der Waals surface area (Å²) in [5.41, 5.74) is 2.76. The minimum atomic E-state index is 0.323. The van der Waals surface area contributed by atoms with Crippen molar-refractivity contribution in [3.8, 4) is 0 Å². The molecular formula is C20H22N2S. The van der Waals surface area contributed by atoms with Crippen LogP contribution in [0.3, 0.4) is 0 Å². The highest BCUT2D eigenvalue weighted by Crippen LogP contribution is 2.34. The third-order valence-electron chi connectivity index (χ3n) is 4.67. The van der Waals surface area contributed by atoms with Gasteiger partial charge in [0, 0.05) is 18.8 Å². The predicted molar refractivity (Wildman–Crippen MR) is 99.0 cm³/mol. The van der Waals surface area contributed by atoms with Gasteiger partial charge in [-0.05, 0) is 24.0 Å². The monoisotopic (exact) mass is 322 g/mol. The fraction of sp³-hybridized carbons (Fsp3) is 0.350. The van der Waals surface area contributed by atoms with Gasteiger partial charge in [-0.1, -0.05) is 60.7 Å². The van der Waals surface area contributed by atoms with Crippen LogP contribution in [0.15, 0.2) is 65.7 Å². The molecule has 2 atom stereocenters. The third-order valence-corrected chi connectivity index (χ3v) is 6.01. The molecule has 0 aromatic heterocycles. The van der Waals surface area contributed by atoms with Gasteiger partial charge >= 0.3 is 0 Å². The Hall–Kier alpha value is -1.74. The lowest BCUT2D eigenvalue weighted by molar-refractivity contribution is 0.387. The Morgan fingerprint density at radius 1 is 1.00 bits per heavy atom. The van der Waals surface area contributed by atoms with Gasteiger partial charge in [-0.25, -0.2) is 0 Å². The quantitative estimate of drug-likeness (QED) is 0.821. The second kappa shape index (κ2) is 6.79. The van der Waals surface area contributed by atoms with Crippen LogP contribution in [0.1, 0.15) is 30.0 Å². The van der Waals surface area contributed by atoms with Crippen LogP contribution < -0.4 is 0 Å². The van der Waals surface area contributed by atoms with Crippen molar-refractivity contribution in [1.29, 1.82) is 0 Å². The van der Waals surface area contributed by atoms with Crippen molar-refractivity contribution in [2.24, 2.45) is 4.99 Å². The Morgan fingerprint density at radius 3 is 2.52 bits per heavy atom. The number of benzene rings is 2. The van der Waals surface area contributed by atoms with E-state index in [0.717, 1.165) is 12.3 Å². The molecule has 0 radical (unpaired) electrons. The average Bonchev–Trinajstić information content (AvgIpc) is 3.06. The maximum absolute atomic E-state index is 5.10. The molecule has 1 saturated heterocycles. The van der Waals surface area contributed by atoms with Crippen LogP contribution in [0.4, 0.5) is 0 Å². The SMILES string of the molecule is c1ccc(CSC2CCCN3CC(c4ccccc4)N=C23)cc1. The van der Waals surface area contributed by atoms with E-state index in [9.17, 15) is 0 Å². The van der Waals surface area contributed by atoms with E-state index in [1.54, 1.807) is 0 Å². The first-order valence-electron chi connectivity index (χ1n) is 8.43. The van der Waals surface area contributed by atoms with Crippen molar-refractivity contribution >= 4 is 17.6 Å². The van der Waals surface area contributed by atoms with E-state index < -0.39 is 0 Å². The molecule has 118 valence electrons. The minimum Gasteiger partial charge on any atom is -0.357 e. The maximum atomic E-state index is 5.10. The molecule has 2 heterocycles. The first-order valence-corrected chi connectivity index (χ1v) is 9.48. The van der Waals surface area contributed by atoms with E-state index in [-0.39, 0.29) is 0 Å². The van der Waals surface area contributed by atoms with Crippen molar-refractivity contribution in [3.05, 3.63) is 71.8 Å². The van der Waals surface area contributed by atoms with Crippen molar-refractivity contribution in [1.82, 2.24) is 4.90 Å². The van der Waals surface area contributed by atoms with Gasteiger partial charge in [-0.15, -0.1) is 11.8 Å². The van der Waals surface area contributed by atoms with Crippen LogP contribution >= 0.6 is 11.8 Å². The molecule has 2 aliphatic heterocycles. The highest BCUT2D eigenvalue weighted by Gasteiger charge is 2.34. The molecule has 2 aromatic carbocycles. The average molecular weight is 322 g/mol. The summed E-state index contributed by atoms with van der Waals surface area (Å²) in [6.45, 7) is 2.23. The molecule has 0 spiro atoms. The van der Waals surface area contributed by atoms with E-state index in [0.29, 0.717) is 11.3 Å². The van der Waals surface area contributed by atoms with Gasteiger partial charge < -0.3 is 4.90 Å². The van der Waals surface area contributed by atoms with E-state index in [2.05, 4.69) is 77.3 Å². The topological polar surface area (TPSA) is 15.6 Å². The van der Waals surface area contributed by atoms with Gasteiger partial charge in [-0.3, -0.25) is 4.99 Å². The molecule has 23 heavy (non-hydrogen) atoms. The molecule has 2 aromatic rings. The van der Waals surface area contributed by atoms with Crippen molar-refractivity contribution in [2.45, 2.75) is 29.9 Å². The lowest BCUT2D eigenvalue weighted by atomic mass is 10.1. The van der Waals surface area contributed by atoms with Gasteiger partial charge in [0.05, 0.1) is 11.3 Å². The molecule has 0 aliphatic carbocycles. The Labute approximate surface area is 142 Å². The lowest BCUT2D eigenvalue weighted by Crippen LogP contribution is -2.40. The summed E-state index contributed by atoms with van der Waals surface area (Å²) >= 11 is 2.05. The lowest BCUT2D eigenvalue weighted by Gasteiger charge is -2.31. The van der Waals surface area contributed by atoms with Crippen molar-refractivity contribution < 1.29 is 0 Å². The van der Waals surface area contributed by atoms with Crippen LogP contribution in [-0.2, 0) is 5.75 Å². The second-order valence-corrected chi connectivity index (χ2v) is 7.48. The van der Waals surface area contributed by atoms with E-state index >= 15 is 0 Å². The van der Waals surface area contributed by atoms with Gasteiger partial charge in [0.25, 0.3) is 0 Å². The van der Waals surface area contributed by atoms with Gasteiger partial charge in [-0.2, -0.15) is 0 Å². The molecule has 1 fully saturated rings. The number of rotatable bonds is 4. The number of hydrogen-bond donors (Lipinski definition) is 0. The highest BCUT2D eigenvalue weighted by molar-refractivity contribution is 7.99. The molecule has 0 amide bonds. The number of amidine groups is 1. The smallest absolute Gasteiger partial charge is 0.113 e. The summed E-state index contributed by atoms with van der Waals surface area (Å²) in [6, 6.07) is 21.8. The van der Waals surface area contributed by atoms with Gasteiger partial charge in [0.1, 0.15) is 5.84 Å². The third kappa shape index (κ3) is 3.30. The first kappa shape index (κ1) is 14.8. The Balaban J connectivity index is 1.48. The maximum Gasteiger partial charge on any atom is 0.113 e. The number of hydrogen-bond acceptors (Lipinski definition) is 3. The second-order valence-electron chi connectivity index (χ2n) is 6.29. The molecular weight excluding hydrogens is 300 g/mol. The summed E-state index contributed by atoms with van der Waals surface area (Å²) < 4.78 is 0. The molecule has 2 nitrogen and oxygen atoms in total. The number of aliphatic imine (C=N–C) groups is 1.